The van der Waals surface area contributed by atoms with Crippen molar-refractivity contribution in [2.75, 3.05) is 18.5 Å². The van der Waals surface area contributed by atoms with Gasteiger partial charge in [0.15, 0.2) is 0 Å². The molecule has 0 atom stereocenters. The highest BCUT2D eigenvalue weighted by molar-refractivity contribution is 8.26. The molecule has 0 N–H and O–H groups in total. The maximum atomic E-state index is 12.8. The number of thioether (sulfide) groups is 1. The number of hydrogen-bond donors (Lipinski definition) is 0. The second-order valence-electron chi connectivity index (χ2n) is 5.56. The smallest absolute Gasteiger partial charge is 0.270 e. The average molecular weight is 375 g/mol. The lowest BCUT2D eigenvalue weighted by Gasteiger charge is -2.11. The van der Waals surface area contributed by atoms with Crippen LogP contribution in [0.25, 0.3) is 5.57 Å². The maximum Gasteiger partial charge on any atom is 0.270 e. The minimum absolute atomic E-state index is 0.126. The highest BCUT2D eigenvalue weighted by Gasteiger charge is 2.42. The van der Waals surface area contributed by atoms with Crippen LogP contribution >= 0.6 is 24.0 Å². The molecule has 1 aromatic carbocycles. The molecule has 7 nitrogen and oxygen atoms in total. The lowest BCUT2D eigenvalue weighted by atomic mass is 10.0. The number of benzene rings is 1. The Labute approximate surface area is 153 Å². The molecule has 9 heteroatoms. The van der Waals surface area contributed by atoms with E-state index in [2.05, 4.69) is 6.58 Å². The molecule has 128 valence electrons. The van der Waals surface area contributed by atoms with Crippen LogP contribution in [0.2, 0.25) is 0 Å². The van der Waals surface area contributed by atoms with Crippen LogP contribution in [0, 0.1) is 17.0 Å². The molecule has 0 spiro atoms. The fraction of sp³-hybridized carbons (Fsp3) is 0.188. The van der Waals surface area contributed by atoms with Crippen molar-refractivity contribution in [1.82, 2.24) is 4.90 Å². The Morgan fingerprint density at radius 1 is 1.36 bits per heavy atom. The Morgan fingerprint density at radius 3 is 2.64 bits per heavy atom. The fourth-order valence-electron chi connectivity index (χ4n) is 2.94. The third-order valence-corrected chi connectivity index (χ3v) is 5.46. The van der Waals surface area contributed by atoms with Gasteiger partial charge in [-0.05, 0) is 12.5 Å². The van der Waals surface area contributed by atoms with Gasteiger partial charge in [0.2, 0.25) is 0 Å². The summed E-state index contributed by atoms with van der Waals surface area (Å²) in [6, 6.07) is 2.74. The summed E-state index contributed by atoms with van der Waals surface area (Å²) < 4.78 is 0.332. The Morgan fingerprint density at radius 2 is 2.04 bits per heavy atom. The first-order valence-electron chi connectivity index (χ1n) is 7.24. The van der Waals surface area contributed by atoms with E-state index in [9.17, 15) is 19.7 Å². The number of likely N-dealkylation sites (N-methyl/N-ethyl adjacent to an activating group) is 1. The van der Waals surface area contributed by atoms with Crippen LogP contribution in [0.5, 0.6) is 0 Å². The predicted octanol–water partition coefficient (Wildman–Crippen LogP) is 2.64. The molecule has 0 aliphatic carbocycles. The Hall–Kier alpha value is -2.52. The van der Waals surface area contributed by atoms with Gasteiger partial charge in [-0.3, -0.25) is 24.6 Å². The van der Waals surface area contributed by atoms with Gasteiger partial charge in [0, 0.05) is 31.3 Å². The minimum atomic E-state index is -0.517. The van der Waals surface area contributed by atoms with Crippen molar-refractivity contribution in [3.8, 4) is 0 Å². The van der Waals surface area contributed by atoms with Crippen LogP contribution in [0.15, 0.2) is 29.7 Å². The number of non-ortho nitro benzene ring substituents is 1. The van der Waals surface area contributed by atoms with Crippen LogP contribution in [0.4, 0.5) is 11.4 Å². The third kappa shape index (κ3) is 2.56. The van der Waals surface area contributed by atoms with Gasteiger partial charge < -0.3 is 4.90 Å². The third-order valence-electron chi connectivity index (χ3n) is 4.01. The van der Waals surface area contributed by atoms with Gasteiger partial charge in [-0.1, -0.05) is 30.1 Å². The normalized spacial score (nSPS) is 19.7. The summed E-state index contributed by atoms with van der Waals surface area (Å²) in [5.74, 6) is -0.763. The van der Waals surface area contributed by atoms with Crippen molar-refractivity contribution in [2.45, 2.75) is 6.92 Å². The van der Waals surface area contributed by atoms with Crippen molar-refractivity contribution in [3.05, 3.63) is 50.9 Å². The van der Waals surface area contributed by atoms with E-state index in [1.54, 1.807) is 20.0 Å². The molecular weight excluding hydrogens is 362 g/mol. The molecule has 2 heterocycles. The zero-order chi connectivity index (χ0) is 18.5. The molecular formula is C16H13N3O4S2. The van der Waals surface area contributed by atoms with Crippen LogP contribution in [0.1, 0.15) is 11.1 Å². The van der Waals surface area contributed by atoms with Gasteiger partial charge in [-0.15, -0.1) is 6.58 Å². The monoisotopic (exact) mass is 375 g/mol. The summed E-state index contributed by atoms with van der Waals surface area (Å²) in [6.07, 6.45) is 1.55. The number of nitro groups is 1. The number of nitrogens with zero attached hydrogens (tertiary/aromatic N) is 3. The van der Waals surface area contributed by atoms with Crippen molar-refractivity contribution in [1.29, 1.82) is 0 Å². The molecule has 25 heavy (non-hydrogen) atoms. The summed E-state index contributed by atoms with van der Waals surface area (Å²) in [5, 5.41) is 11.2. The predicted molar refractivity (Wildman–Crippen MR) is 100 cm³/mol. The van der Waals surface area contributed by atoms with E-state index in [-0.39, 0.29) is 34.5 Å². The molecule has 0 radical (unpaired) electrons. The van der Waals surface area contributed by atoms with Crippen LogP contribution < -0.4 is 4.90 Å². The first kappa shape index (κ1) is 17.3. The van der Waals surface area contributed by atoms with Gasteiger partial charge >= 0.3 is 0 Å². The second kappa shape index (κ2) is 6.08. The van der Waals surface area contributed by atoms with Gasteiger partial charge in [0.25, 0.3) is 17.5 Å². The van der Waals surface area contributed by atoms with Gasteiger partial charge in [0.05, 0.1) is 21.1 Å². The minimum Gasteiger partial charge on any atom is -0.310 e. The lowest BCUT2D eigenvalue weighted by molar-refractivity contribution is -0.384. The maximum absolute atomic E-state index is 12.8. The van der Waals surface area contributed by atoms with Crippen molar-refractivity contribution in [3.63, 3.8) is 0 Å². The standard InChI is InChI=1S/C16H13N3O4S2/c1-4-5-18-15(21)13(25-16(18)24)11-10-7-9(19(22)23)6-8(2)12(10)17(3)14(11)20/h4,6-7H,1,5H2,2-3H3/b13-11-. The van der Waals surface area contributed by atoms with Gasteiger partial charge in [0.1, 0.15) is 4.32 Å². The van der Waals surface area contributed by atoms with Gasteiger partial charge in [-0.2, -0.15) is 0 Å². The number of anilines is 1. The van der Waals surface area contributed by atoms with Crippen molar-refractivity contribution in [2.24, 2.45) is 0 Å². The van der Waals surface area contributed by atoms with Crippen molar-refractivity contribution >= 4 is 57.1 Å². The molecule has 1 saturated heterocycles. The van der Waals surface area contributed by atoms with E-state index < -0.39 is 4.92 Å². The number of carbonyl (C=O) groups excluding carboxylic acids is 2. The Bertz CT molecular complexity index is 907. The number of carbonyl (C=O) groups is 2. The van der Waals surface area contributed by atoms with Crippen LogP contribution in [-0.4, -0.2) is 39.6 Å². The fourth-order valence-corrected chi connectivity index (χ4v) is 4.29. The molecule has 0 unspecified atom stereocenters. The highest BCUT2D eigenvalue weighted by Crippen LogP contribution is 2.46. The summed E-state index contributed by atoms with van der Waals surface area (Å²) in [7, 11) is 1.58. The van der Waals surface area contributed by atoms with Crippen LogP contribution in [-0.2, 0) is 9.59 Å². The number of amides is 2. The molecule has 2 aliphatic heterocycles. The molecule has 0 bridgehead atoms. The number of aryl methyl sites for hydroxylation is 1. The quantitative estimate of drug-likeness (QED) is 0.265. The molecule has 2 amide bonds. The highest BCUT2D eigenvalue weighted by atomic mass is 32.2. The number of nitro benzene ring substituents is 1. The van der Waals surface area contributed by atoms with E-state index >= 15 is 0 Å². The zero-order valence-corrected chi connectivity index (χ0v) is 15.1. The molecule has 1 fully saturated rings. The second-order valence-corrected chi connectivity index (χ2v) is 7.20. The number of thiocarbonyl (C=S) groups is 1. The molecule has 3 rings (SSSR count). The van der Waals surface area contributed by atoms with Crippen LogP contribution in [0.3, 0.4) is 0 Å². The number of hydrogen-bond acceptors (Lipinski definition) is 6. The van der Waals surface area contributed by atoms with E-state index in [0.29, 0.717) is 21.1 Å². The molecule has 0 saturated carbocycles. The first-order valence-corrected chi connectivity index (χ1v) is 8.46. The number of fused-ring (bicyclic) bond motifs is 1. The molecule has 2 aliphatic rings. The lowest BCUT2D eigenvalue weighted by Crippen LogP contribution is -2.28. The topological polar surface area (TPSA) is 83.8 Å². The van der Waals surface area contributed by atoms with E-state index in [0.717, 1.165) is 11.8 Å². The van der Waals surface area contributed by atoms with E-state index in [1.807, 2.05) is 0 Å². The summed E-state index contributed by atoms with van der Waals surface area (Å²) in [4.78, 5) is 39.0. The van der Waals surface area contributed by atoms with E-state index in [1.165, 1.54) is 21.9 Å². The summed E-state index contributed by atoms with van der Waals surface area (Å²) in [6.45, 7) is 5.53. The SMILES string of the molecule is C=CCN1C(=O)/C(=C2/C(=O)N(C)c3c(C)cc([N+](=O)[O-])cc32)SC1=S. The van der Waals surface area contributed by atoms with E-state index in [4.69, 9.17) is 12.2 Å². The zero-order valence-electron chi connectivity index (χ0n) is 13.4. The Balaban J connectivity index is 2.25. The summed E-state index contributed by atoms with van der Waals surface area (Å²) in [5.41, 5.74) is 1.58. The first-order chi connectivity index (χ1) is 11.8. The summed E-state index contributed by atoms with van der Waals surface area (Å²) >= 11 is 6.24. The molecule has 0 aromatic heterocycles. The average Bonchev–Trinajstić information content (AvgIpc) is 2.96. The number of rotatable bonds is 3. The molecule has 1 aromatic rings. The van der Waals surface area contributed by atoms with Crippen molar-refractivity contribution < 1.29 is 14.5 Å². The van der Waals surface area contributed by atoms with Gasteiger partial charge in [-0.25, -0.2) is 0 Å². The largest absolute Gasteiger partial charge is 0.310 e. The Kier molecular flexibility index (Phi) is 4.21.